The highest BCUT2D eigenvalue weighted by atomic mass is 32.1. The van der Waals surface area contributed by atoms with E-state index < -0.39 is 4.92 Å². The highest BCUT2D eigenvalue weighted by Crippen LogP contribution is 2.21. The molecule has 0 aromatic heterocycles. The van der Waals surface area contributed by atoms with Gasteiger partial charge in [-0.05, 0) is 6.07 Å². The summed E-state index contributed by atoms with van der Waals surface area (Å²) >= 11 is 4.71. The first-order chi connectivity index (χ1) is 7.06. The summed E-state index contributed by atoms with van der Waals surface area (Å²) in [6, 6.07) is 3.85. The van der Waals surface area contributed by atoms with E-state index in [-0.39, 0.29) is 16.2 Å². The van der Waals surface area contributed by atoms with Crippen LogP contribution < -0.4 is 11.1 Å². The first-order valence-corrected chi connectivity index (χ1v) is 4.25. The molecule has 1 amide bonds. The monoisotopic (exact) mass is 225 g/mol. The van der Waals surface area contributed by atoms with Gasteiger partial charge >= 0.3 is 0 Å². The number of rotatable bonds is 4. The number of thiocarbonyl (C=S) groups is 1. The minimum atomic E-state index is -0.563. The van der Waals surface area contributed by atoms with Crippen molar-refractivity contribution in [3.8, 4) is 0 Å². The molecule has 0 saturated heterocycles. The minimum Gasteiger partial charge on any atom is -0.389 e. The molecule has 0 bridgehead atoms. The molecule has 0 aliphatic carbocycles. The molecular weight excluding hydrogens is 218 g/mol. The van der Waals surface area contributed by atoms with Crippen LogP contribution in [0, 0.1) is 10.1 Å². The van der Waals surface area contributed by atoms with Crippen molar-refractivity contribution in [1.29, 1.82) is 0 Å². The predicted octanol–water partition coefficient (Wildman–Crippen LogP) is 0.797. The van der Waals surface area contributed by atoms with Crippen LogP contribution >= 0.6 is 12.2 Å². The van der Waals surface area contributed by atoms with E-state index in [2.05, 4.69) is 5.32 Å². The largest absolute Gasteiger partial charge is 0.389 e. The number of nitro groups is 1. The molecule has 0 radical (unpaired) electrons. The Bertz CT molecular complexity index is 433. The predicted molar refractivity (Wildman–Crippen MR) is 58.7 cm³/mol. The van der Waals surface area contributed by atoms with Gasteiger partial charge in [0.2, 0.25) is 6.41 Å². The van der Waals surface area contributed by atoms with Crippen LogP contribution in [0.2, 0.25) is 0 Å². The number of nitrogens with two attached hydrogens (primary N) is 1. The van der Waals surface area contributed by atoms with Gasteiger partial charge in [-0.3, -0.25) is 14.9 Å². The highest BCUT2D eigenvalue weighted by Gasteiger charge is 2.11. The molecule has 3 N–H and O–H groups in total. The molecule has 6 nitrogen and oxygen atoms in total. The number of nitrogens with zero attached hydrogens (tertiary/aromatic N) is 1. The van der Waals surface area contributed by atoms with Crippen LogP contribution in [0.5, 0.6) is 0 Å². The first-order valence-electron chi connectivity index (χ1n) is 3.84. The molecule has 0 atom stereocenters. The quantitative estimate of drug-likeness (QED) is 0.342. The van der Waals surface area contributed by atoms with E-state index >= 15 is 0 Å². The summed E-state index contributed by atoms with van der Waals surface area (Å²) in [7, 11) is 0. The van der Waals surface area contributed by atoms with Gasteiger partial charge in [0, 0.05) is 17.7 Å². The van der Waals surface area contributed by atoms with Crippen LogP contribution in [0.1, 0.15) is 5.56 Å². The second-order valence-corrected chi connectivity index (χ2v) is 3.05. The van der Waals surface area contributed by atoms with Crippen LogP contribution in [0.3, 0.4) is 0 Å². The molecule has 7 heteroatoms. The number of hydrogen-bond donors (Lipinski definition) is 2. The average molecular weight is 225 g/mol. The van der Waals surface area contributed by atoms with Crippen molar-refractivity contribution < 1.29 is 9.72 Å². The van der Waals surface area contributed by atoms with Crippen molar-refractivity contribution in [2.45, 2.75) is 0 Å². The molecule has 15 heavy (non-hydrogen) atoms. The Morgan fingerprint density at radius 1 is 1.60 bits per heavy atom. The Balaban J connectivity index is 3.26. The van der Waals surface area contributed by atoms with Gasteiger partial charge in [-0.1, -0.05) is 12.2 Å². The summed E-state index contributed by atoms with van der Waals surface area (Å²) in [5.41, 5.74) is 5.86. The van der Waals surface area contributed by atoms with E-state index in [0.717, 1.165) is 0 Å². The Morgan fingerprint density at radius 2 is 2.27 bits per heavy atom. The molecule has 1 aromatic carbocycles. The molecule has 0 heterocycles. The lowest BCUT2D eigenvalue weighted by atomic mass is 10.1. The normalized spacial score (nSPS) is 9.33. The number of benzene rings is 1. The summed E-state index contributed by atoms with van der Waals surface area (Å²) in [5, 5.41) is 12.8. The van der Waals surface area contributed by atoms with Gasteiger partial charge in [-0.25, -0.2) is 0 Å². The fourth-order valence-corrected chi connectivity index (χ4v) is 1.21. The molecule has 0 spiro atoms. The zero-order chi connectivity index (χ0) is 11.4. The second-order valence-electron chi connectivity index (χ2n) is 2.61. The zero-order valence-electron chi connectivity index (χ0n) is 7.47. The second kappa shape index (κ2) is 4.47. The van der Waals surface area contributed by atoms with Crippen molar-refractivity contribution >= 4 is 35.0 Å². The maximum Gasteiger partial charge on any atom is 0.270 e. The van der Waals surface area contributed by atoms with E-state index in [1.807, 2.05) is 0 Å². The van der Waals surface area contributed by atoms with Gasteiger partial charge in [-0.15, -0.1) is 0 Å². The number of carbonyl (C=O) groups excluding carboxylic acids is 1. The lowest BCUT2D eigenvalue weighted by Gasteiger charge is -2.05. The standard InChI is InChI=1S/C8H7N3O3S/c9-8(15)6-3-5(11(13)14)1-2-7(6)10-4-12/h1-4H,(H2,9,15)(H,10,12). The van der Waals surface area contributed by atoms with E-state index in [4.69, 9.17) is 18.0 Å². The Kier molecular flexibility index (Phi) is 3.29. The van der Waals surface area contributed by atoms with E-state index in [1.54, 1.807) is 0 Å². The highest BCUT2D eigenvalue weighted by molar-refractivity contribution is 7.80. The summed E-state index contributed by atoms with van der Waals surface area (Å²) in [6.45, 7) is 0. The van der Waals surface area contributed by atoms with Gasteiger partial charge in [0.05, 0.1) is 10.6 Å². The molecule has 0 saturated carbocycles. The average Bonchev–Trinajstić information content (AvgIpc) is 2.18. The van der Waals surface area contributed by atoms with Crippen LogP contribution in [-0.2, 0) is 4.79 Å². The molecule has 0 aliphatic heterocycles. The fourth-order valence-electron chi connectivity index (χ4n) is 1.04. The summed E-state index contributed by atoms with van der Waals surface area (Å²) < 4.78 is 0. The minimum absolute atomic E-state index is 0.0111. The third-order valence-electron chi connectivity index (χ3n) is 1.69. The van der Waals surface area contributed by atoms with Crippen molar-refractivity contribution in [2.24, 2.45) is 5.73 Å². The van der Waals surface area contributed by atoms with Crippen molar-refractivity contribution in [3.63, 3.8) is 0 Å². The topological polar surface area (TPSA) is 98.3 Å². The zero-order valence-corrected chi connectivity index (χ0v) is 8.28. The summed E-state index contributed by atoms with van der Waals surface area (Å²) in [5.74, 6) is 0. The summed E-state index contributed by atoms with van der Waals surface area (Å²) in [4.78, 5) is 20.1. The van der Waals surface area contributed by atoms with Crippen LogP contribution in [0.25, 0.3) is 0 Å². The SMILES string of the molecule is NC(=S)c1cc([N+](=O)[O-])ccc1NC=O. The maximum absolute atomic E-state index is 10.5. The maximum atomic E-state index is 10.5. The third kappa shape index (κ3) is 2.47. The van der Waals surface area contributed by atoms with Gasteiger partial charge in [0.1, 0.15) is 4.99 Å². The lowest BCUT2D eigenvalue weighted by molar-refractivity contribution is -0.384. The number of anilines is 1. The van der Waals surface area contributed by atoms with E-state index in [9.17, 15) is 14.9 Å². The molecule has 1 rings (SSSR count). The van der Waals surface area contributed by atoms with E-state index in [1.165, 1.54) is 18.2 Å². The molecule has 78 valence electrons. The number of nitrogens with one attached hydrogen (secondary N) is 1. The molecule has 1 aromatic rings. The van der Waals surface area contributed by atoms with Crippen LogP contribution in [-0.4, -0.2) is 16.3 Å². The number of carbonyl (C=O) groups is 1. The third-order valence-corrected chi connectivity index (χ3v) is 1.91. The van der Waals surface area contributed by atoms with Gasteiger partial charge in [-0.2, -0.15) is 0 Å². The van der Waals surface area contributed by atoms with E-state index in [0.29, 0.717) is 12.1 Å². The molecule has 0 aliphatic rings. The number of hydrogen-bond acceptors (Lipinski definition) is 4. The van der Waals surface area contributed by atoms with Gasteiger partial charge in [0.25, 0.3) is 5.69 Å². The van der Waals surface area contributed by atoms with Crippen molar-refractivity contribution in [2.75, 3.05) is 5.32 Å². The van der Waals surface area contributed by atoms with Gasteiger partial charge in [0.15, 0.2) is 0 Å². The molecular formula is C8H7N3O3S. The smallest absolute Gasteiger partial charge is 0.270 e. The van der Waals surface area contributed by atoms with Crippen LogP contribution in [0.4, 0.5) is 11.4 Å². The molecule has 0 unspecified atom stereocenters. The van der Waals surface area contributed by atoms with Crippen molar-refractivity contribution in [1.82, 2.24) is 0 Å². The first kappa shape index (κ1) is 11.1. The van der Waals surface area contributed by atoms with Crippen molar-refractivity contribution in [3.05, 3.63) is 33.9 Å². The summed E-state index contributed by atoms with van der Waals surface area (Å²) in [6.07, 6.45) is 0.447. The van der Waals surface area contributed by atoms with Gasteiger partial charge < -0.3 is 11.1 Å². The Morgan fingerprint density at radius 3 is 2.73 bits per heavy atom. The Labute approximate surface area is 90.2 Å². The van der Waals surface area contributed by atoms with Crippen LogP contribution in [0.15, 0.2) is 18.2 Å². The Hall–Kier alpha value is -2.02. The fraction of sp³-hybridized carbons (Fsp3) is 0. The lowest BCUT2D eigenvalue weighted by Crippen LogP contribution is -2.13. The number of nitro benzene ring substituents is 1. The number of non-ortho nitro benzene ring substituents is 1. The number of amides is 1. The molecule has 0 fully saturated rings.